The Balaban J connectivity index is 1.70. The van der Waals surface area contributed by atoms with Crippen molar-refractivity contribution >= 4 is 23.7 Å². The first-order valence-corrected chi connectivity index (χ1v) is 13.3. The lowest BCUT2D eigenvalue weighted by Crippen LogP contribution is -2.53. The molecule has 1 aliphatic rings. The quantitative estimate of drug-likeness (QED) is 0.376. The first kappa shape index (κ1) is 29.1. The molecule has 1 heterocycles. The molecule has 3 amide bonds. The molecule has 10 nitrogen and oxygen atoms in total. The van der Waals surface area contributed by atoms with Gasteiger partial charge in [-0.05, 0) is 48.2 Å². The molecule has 0 unspecified atom stereocenters. The summed E-state index contributed by atoms with van der Waals surface area (Å²) in [4.78, 5) is 53.4. The van der Waals surface area contributed by atoms with Crippen molar-refractivity contribution in [1.82, 2.24) is 15.5 Å². The number of nitrogens with one attached hydrogen (secondary N) is 2. The number of para-hydroxylation sites is 1. The van der Waals surface area contributed by atoms with E-state index < -0.39 is 35.9 Å². The van der Waals surface area contributed by atoms with E-state index in [0.717, 1.165) is 5.56 Å². The highest BCUT2D eigenvalue weighted by Gasteiger charge is 2.31. The molecule has 0 aliphatic carbocycles. The molecule has 3 aromatic carbocycles. The molecule has 0 bridgehead atoms. The van der Waals surface area contributed by atoms with Crippen molar-refractivity contribution in [3.05, 3.63) is 95.6 Å². The second kappa shape index (κ2) is 13.5. The Labute approximate surface area is 237 Å². The number of amides is 3. The fraction of sp³-hybridized carbons (Fsp3) is 0.290. The monoisotopic (exact) mass is 559 g/mol. The van der Waals surface area contributed by atoms with Crippen LogP contribution in [0, 0.1) is 0 Å². The van der Waals surface area contributed by atoms with Gasteiger partial charge < -0.3 is 30.5 Å². The summed E-state index contributed by atoms with van der Waals surface area (Å²) in [7, 11) is 1.65. The van der Waals surface area contributed by atoms with Crippen LogP contribution in [-0.2, 0) is 27.2 Å². The van der Waals surface area contributed by atoms with Crippen LogP contribution in [0.2, 0.25) is 0 Å². The molecule has 3 atom stereocenters. The predicted molar refractivity (Wildman–Crippen MR) is 151 cm³/mol. The van der Waals surface area contributed by atoms with E-state index in [4.69, 9.17) is 4.74 Å². The van der Waals surface area contributed by atoms with Gasteiger partial charge in [0.2, 0.25) is 11.8 Å². The number of aliphatic carboxylic acids is 1. The minimum Gasteiger partial charge on any atom is -0.508 e. The van der Waals surface area contributed by atoms with Crippen molar-refractivity contribution in [3.8, 4) is 11.5 Å². The smallest absolute Gasteiger partial charge is 0.326 e. The van der Waals surface area contributed by atoms with Crippen LogP contribution in [0.4, 0.5) is 0 Å². The number of nitrogens with zero attached hydrogens (tertiary/aromatic N) is 1. The molecule has 10 heteroatoms. The van der Waals surface area contributed by atoms with Gasteiger partial charge in [-0.1, -0.05) is 54.6 Å². The van der Waals surface area contributed by atoms with E-state index in [1.54, 1.807) is 42.3 Å². The van der Waals surface area contributed by atoms with Crippen molar-refractivity contribution in [2.45, 2.75) is 43.8 Å². The summed E-state index contributed by atoms with van der Waals surface area (Å²) in [6.07, 6.45) is 0.183. The molecular formula is C31H33N3O7. The molecule has 0 saturated heterocycles. The van der Waals surface area contributed by atoms with Gasteiger partial charge >= 0.3 is 5.97 Å². The van der Waals surface area contributed by atoms with Gasteiger partial charge in [-0.15, -0.1) is 0 Å². The molecule has 214 valence electrons. The third-order valence-corrected chi connectivity index (χ3v) is 7.05. The topological polar surface area (TPSA) is 145 Å². The maximum atomic E-state index is 13.9. The van der Waals surface area contributed by atoms with Crippen LogP contribution in [0.25, 0.3) is 0 Å². The number of carbonyl (C=O) groups excluding carboxylic acids is 3. The normalized spacial score (nSPS) is 20.5. The van der Waals surface area contributed by atoms with Gasteiger partial charge in [0.1, 0.15) is 30.2 Å². The molecule has 4 rings (SSSR count). The molecule has 0 fully saturated rings. The summed E-state index contributed by atoms with van der Waals surface area (Å²) in [6.45, 7) is 0.0314. The first-order valence-electron chi connectivity index (χ1n) is 13.3. The van der Waals surface area contributed by atoms with Crippen LogP contribution in [0.15, 0.2) is 78.9 Å². The van der Waals surface area contributed by atoms with Gasteiger partial charge in [0.15, 0.2) is 0 Å². The molecule has 4 N–H and O–H groups in total. The zero-order valence-electron chi connectivity index (χ0n) is 22.7. The Hall–Kier alpha value is -4.86. The number of fused-ring (bicyclic) bond motifs is 1. The van der Waals surface area contributed by atoms with Gasteiger partial charge in [-0.25, -0.2) is 4.79 Å². The number of rotatable bonds is 5. The van der Waals surface area contributed by atoms with E-state index in [2.05, 4.69) is 10.6 Å². The summed E-state index contributed by atoms with van der Waals surface area (Å²) in [5.74, 6) is -2.49. The summed E-state index contributed by atoms with van der Waals surface area (Å²) in [5.41, 5.74) is 1.83. The Morgan fingerprint density at radius 1 is 0.902 bits per heavy atom. The molecule has 0 saturated carbocycles. The number of benzene rings is 3. The number of carboxylic acids is 1. The van der Waals surface area contributed by atoms with E-state index >= 15 is 0 Å². The minimum atomic E-state index is -1.33. The first-order chi connectivity index (χ1) is 19.7. The number of ether oxygens (including phenoxy) is 1. The minimum absolute atomic E-state index is 0.0314. The van der Waals surface area contributed by atoms with Crippen LogP contribution in [-0.4, -0.2) is 70.6 Å². The summed E-state index contributed by atoms with van der Waals surface area (Å²) in [5, 5.41) is 24.6. The lowest BCUT2D eigenvalue weighted by atomic mass is 10.0. The van der Waals surface area contributed by atoms with Gasteiger partial charge in [0, 0.05) is 19.9 Å². The van der Waals surface area contributed by atoms with E-state index in [9.17, 15) is 29.4 Å². The maximum absolute atomic E-state index is 13.9. The third-order valence-electron chi connectivity index (χ3n) is 7.05. The number of hydrogen-bond acceptors (Lipinski definition) is 6. The van der Waals surface area contributed by atoms with E-state index in [0.29, 0.717) is 12.0 Å². The third kappa shape index (κ3) is 7.84. The van der Waals surface area contributed by atoms with Crippen LogP contribution in [0.5, 0.6) is 11.5 Å². The second-order valence-corrected chi connectivity index (χ2v) is 9.99. The number of carboxylic acid groups (broad SMARTS) is 1. The Morgan fingerprint density at radius 2 is 1.56 bits per heavy atom. The van der Waals surface area contributed by atoms with Crippen molar-refractivity contribution < 1.29 is 34.1 Å². The Kier molecular flexibility index (Phi) is 9.57. The van der Waals surface area contributed by atoms with Crippen LogP contribution < -0.4 is 15.4 Å². The molecule has 0 spiro atoms. The van der Waals surface area contributed by atoms with E-state index in [1.165, 1.54) is 18.2 Å². The number of aromatic hydroxyl groups is 1. The number of hydrogen-bond donors (Lipinski definition) is 4. The Morgan fingerprint density at radius 3 is 2.27 bits per heavy atom. The standard InChI is InChI=1S/C31H33N3O7/c1-34-22(17-20-7-3-2-4-8-20)19-41-27-10-6-5-9-24(27)29(37)33-25(31(39)40)15-16-28(36)32-26(30(34)38)18-21-11-13-23(35)14-12-21/h2-14,22,25-26,35H,15-19H2,1H3,(H,32,36)(H,33,37)(H,39,40)/t22-,25+,26+/m1/s1. The van der Waals surface area contributed by atoms with Crippen molar-refractivity contribution in [2.75, 3.05) is 13.7 Å². The highest BCUT2D eigenvalue weighted by molar-refractivity contribution is 5.99. The molecule has 0 aromatic heterocycles. The average molecular weight is 560 g/mol. The zero-order valence-corrected chi connectivity index (χ0v) is 22.7. The average Bonchev–Trinajstić information content (AvgIpc) is 2.97. The predicted octanol–water partition coefficient (Wildman–Crippen LogP) is 2.55. The molecule has 1 aliphatic heterocycles. The lowest BCUT2D eigenvalue weighted by Gasteiger charge is -2.32. The van der Waals surface area contributed by atoms with Gasteiger partial charge in [-0.3, -0.25) is 14.4 Å². The van der Waals surface area contributed by atoms with Gasteiger partial charge in [0.05, 0.1) is 11.6 Å². The molecule has 0 radical (unpaired) electrons. The van der Waals surface area contributed by atoms with Crippen LogP contribution >= 0.6 is 0 Å². The van der Waals surface area contributed by atoms with E-state index in [1.807, 2.05) is 30.3 Å². The number of carbonyl (C=O) groups is 4. The largest absolute Gasteiger partial charge is 0.508 e. The summed E-state index contributed by atoms with van der Waals surface area (Å²) >= 11 is 0. The summed E-state index contributed by atoms with van der Waals surface area (Å²) in [6, 6.07) is 19.6. The van der Waals surface area contributed by atoms with Crippen molar-refractivity contribution in [1.29, 1.82) is 0 Å². The van der Waals surface area contributed by atoms with Crippen LogP contribution in [0.1, 0.15) is 34.3 Å². The van der Waals surface area contributed by atoms with Gasteiger partial charge in [-0.2, -0.15) is 0 Å². The van der Waals surface area contributed by atoms with Gasteiger partial charge in [0.25, 0.3) is 5.91 Å². The van der Waals surface area contributed by atoms with Crippen LogP contribution in [0.3, 0.4) is 0 Å². The van der Waals surface area contributed by atoms with Crippen molar-refractivity contribution in [3.63, 3.8) is 0 Å². The summed E-state index contributed by atoms with van der Waals surface area (Å²) < 4.78 is 6.10. The number of phenolic OH excluding ortho intramolecular Hbond substituents is 1. The lowest BCUT2D eigenvalue weighted by molar-refractivity contribution is -0.140. The molecule has 41 heavy (non-hydrogen) atoms. The number of phenols is 1. The maximum Gasteiger partial charge on any atom is 0.326 e. The fourth-order valence-electron chi connectivity index (χ4n) is 4.69. The number of likely N-dealkylation sites (N-methyl/N-ethyl adjacent to an activating group) is 1. The molecular weight excluding hydrogens is 526 g/mol. The highest BCUT2D eigenvalue weighted by Crippen LogP contribution is 2.21. The zero-order chi connectivity index (χ0) is 29.4. The SMILES string of the molecule is CN1C(=O)[C@H](Cc2ccc(O)cc2)NC(=O)CC[C@@H](C(=O)O)NC(=O)c2ccccc2OC[C@H]1Cc1ccccc1. The van der Waals surface area contributed by atoms with Crippen molar-refractivity contribution in [2.24, 2.45) is 0 Å². The fourth-order valence-corrected chi connectivity index (χ4v) is 4.69. The second-order valence-electron chi connectivity index (χ2n) is 9.99. The highest BCUT2D eigenvalue weighted by atomic mass is 16.5. The molecule has 3 aromatic rings. The van der Waals surface area contributed by atoms with E-state index in [-0.39, 0.29) is 48.8 Å². The Bertz CT molecular complexity index is 1380.